The number of fused-ring (bicyclic) bond motifs is 1. The van der Waals surface area contributed by atoms with Crippen LogP contribution in [0.3, 0.4) is 0 Å². The molecule has 0 aliphatic rings. The molecule has 0 saturated carbocycles. The molecule has 0 spiro atoms. The molecule has 0 radical (unpaired) electrons. The fourth-order valence-corrected chi connectivity index (χ4v) is 4.88. The van der Waals surface area contributed by atoms with Crippen molar-refractivity contribution < 1.29 is 27.3 Å². The van der Waals surface area contributed by atoms with Gasteiger partial charge in [-0.25, -0.2) is 4.79 Å². The Labute approximate surface area is 219 Å². The van der Waals surface area contributed by atoms with Crippen LogP contribution in [0.5, 0.6) is 0 Å². The first-order valence-electron chi connectivity index (χ1n) is 12.2. The van der Waals surface area contributed by atoms with E-state index in [4.69, 9.17) is 4.74 Å². The summed E-state index contributed by atoms with van der Waals surface area (Å²) in [5.74, 6) is -0.568. The summed E-state index contributed by atoms with van der Waals surface area (Å²) in [4.78, 5) is 13.0. The average molecular weight is 537 g/mol. The van der Waals surface area contributed by atoms with E-state index in [9.17, 15) is 22.5 Å². The highest BCUT2D eigenvalue weighted by Crippen LogP contribution is 2.39. The predicted octanol–water partition coefficient (Wildman–Crippen LogP) is 7.03. The van der Waals surface area contributed by atoms with Gasteiger partial charge in [-0.3, -0.25) is 0 Å². The van der Waals surface area contributed by atoms with Gasteiger partial charge in [-0.15, -0.1) is 4.72 Å². The summed E-state index contributed by atoms with van der Waals surface area (Å²) in [6, 6.07) is 9.53. The molecule has 1 aromatic heterocycles. The van der Waals surface area contributed by atoms with Crippen molar-refractivity contribution >= 4 is 28.2 Å². The summed E-state index contributed by atoms with van der Waals surface area (Å²) in [7, 11) is 0. The molecule has 0 aliphatic heterocycles. The van der Waals surface area contributed by atoms with Crippen LogP contribution in [-0.2, 0) is 33.6 Å². The topological polar surface area (TPSA) is 66.3 Å². The molecule has 0 bridgehead atoms. The SMILES string of the molecule is CCOC(=O)[C@@H](N[S@@+]([O-])C(C)(C)C)c1cn(CC(C)(C)C)c2cc(-c3ccccc3C(F)(F)F)ccc12. The number of hydrogen-bond donors (Lipinski definition) is 1. The molecule has 2 aromatic carbocycles. The zero-order valence-electron chi connectivity index (χ0n) is 22.3. The van der Waals surface area contributed by atoms with Crippen molar-refractivity contribution in [2.45, 2.75) is 72.0 Å². The second-order valence-corrected chi connectivity index (χ2v) is 13.2. The molecule has 9 heteroatoms. The Kier molecular flexibility index (Phi) is 8.41. The lowest BCUT2D eigenvalue weighted by atomic mass is 9.96. The van der Waals surface area contributed by atoms with Gasteiger partial charge in [-0.2, -0.15) is 13.2 Å². The zero-order valence-corrected chi connectivity index (χ0v) is 23.1. The van der Waals surface area contributed by atoms with Crippen molar-refractivity contribution in [1.82, 2.24) is 9.29 Å². The number of alkyl halides is 3. The molecule has 2 atom stereocenters. The minimum atomic E-state index is -4.50. The van der Waals surface area contributed by atoms with Gasteiger partial charge >= 0.3 is 12.1 Å². The first-order valence-corrected chi connectivity index (χ1v) is 13.3. The Morgan fingerprint density at radius 3 is 2.30 bits per heavy atom. The maximum absolute atomic E-state index is 13.7. The van der Waals surface area contributed by atoms with Crippen molar-refractivity contribution in [1.29, 1.82) is 0 Å². The standard InChI is InChI=1S/C28H35F3N2O3S/c1-8-36-25(34)24(32-37(35)27(5,6)7)21-16-33(17-26(2,3)4)23-15-18(13-14-20(21)23)19-11-9-10-12-22(19)28(29,30)31/h9-16,24,32H,8,17H2,1-7H3/t24-,37-/m0/s1. The molecular weight excluding hydrogens is 501 g/mol. The molecule has 1 N–H and O–H groups in total. The van der Waals surface area contributed by atoms with Gasteiger partial charge in [0.1, 0.15) is 4.75 Å². The zero-order chi connectivity index (χ0) is 27.8. The highest BCUT2D eigenvalue weighted by atomic mass is 32.2. The first kappa shape index (κ1) is 29.1. The number of ether oxygens (including phenoxy) is 1. The fraction of sp³-hybridized carbons (Fsp3) is 0.464. The monoisotopic (exact) mass is 536 g/mol. The normalized spacial score (nSPS) is 14.6. The van der Waals surface area contributed by atoms with E-state index >= 15 is 0 Å². The molecule has 0 unspecified atom stereocenters. The van der Waals surface area contributed by atoms with E-state index in [1.807, 2.05) is 10.8 Å². The van der Waals surface area contributed by atoms with E-state index in [-0.39, 0.29) is 17.6 Å². The van der Waals surface area contributed by atoms with E-state index in [0.29, 0.717) is 28.6 Å². The van der Waals surface area contributed by atoms with Crippen molar-refractivity contribution in [3.05, 3.63) is 59.8 Å². The van der Waals surface area contributed by atoms with Crippen LogP contribution in [0.4, 0.5) is 13.2 Å². The number of carbonyl (C=O) groups is 1. The third kappa shape index (κ3) is 6.89. The number of halogens is 3. The van der Waals surface area contributed by atoms with E-state index in [1.165, 1.54) is 12.1 Å². The molecule has 37 heavy (non-hydrogen) atoms. The molecule has 0 fully saturated rings. The Morgan fingerprint density at radius 2 is 1.73 bits per heavy atom. The van der Waals surface area contributed by atoms with Crippen LogP contribution in [0.25, 0.3) is 22.0 Å². The third-order valence-electron chi connectivity index (χ3n) is 5.72. The summed E-state index contributed by atoms with van der Waals surface area (Å²) >= 11 is -1.58. The van der Waals surface area contributed by atoms with Gasteiger partial charge in [0.05, 0.1) is 12.2 Å². The van der Waals surface area contributed by atoms with Crippen LogP contribution >= 0.6 is 0 Å². The van der Waals surface area contributed by atoms with Crippen LogP contribution in [-0.4, -0.2) is 26.4 Å². The minimum absolute atomic E-state index is 0.0795. The molecule has 0 aliphatic carbocycles. The lowest BCUT2D eigenvalue weighted by molar-refractivity contribution is -0.145. The van der Waals surface area contributed by atoms with Crippen molar-refractivity contribution in [2.75, 3.05) is 6.61 Å². The second kappa shape index (κ2) is 10.7. The Bertz CT molecular complexity index is 1260. The minimum Gasteiger partial charge on any atom is -0.598 e. The molecule has 3 aromatic rings. The number of esters is 1. The van der Waals surface area contributed by atoms with Crippen molar-refractivity contribution in [3.8, 4) is 11.1 Å². The maximum atomic E-state index is 13.7. The van der Waals surface area contributed by atoms with Crippen LogP contribution in [0.1, 0.15) is 65.6 Å². The second-order valence-electron chi connectivity index (χ2n) is 11.2. The lowest BCUT2D eigenvalue weighted by Crippen LogP contribution is -2.44. The number of carbonyl (C=O) groups excluding carboxylic acids is 1. The average Bonchev–Trinajstić information content (AvgIpc) is 3.11. The quantitative estimate of drug-likeness (QED) is 0.260. The summed E-state index contributed by atoms with van der Waals surface area (Å²) < 4.78 is 63.8. The summed E-state index contributed by atoms with van der Waals surface area (Å²) in [5.41, 5.74) is 0.859. The number of benzene rings is 2. The Morgan fingerprint density at radius 1 is 1.08 bits per heavy atom. The first-order chi connectivity index (χ1) is 17.0. The van der Waals surface area contributed by atoms with Crippen LogP contribution in [0.15, 0.2) is 48.7 Å². The highest BCUT2D eigenvalue weighted by molar-refractivity contribution is 7.90. The van der Waals surface area contributed by atoms with E-state index in [0.717, 1.165) is 6.07 Å². The number of hydrogen-bond acceptors (Lipinski definition) is 4. The Hall–Kier alpha value is -2.49. The summed E-state index contributed by atoms with van der Waals surface area (Å²) in [6.07, 6.45) is -2.69. The van der Waals surface area contributed by atoms with Gasteiger partial charge in [-0.1, -0.05) is 51.1 Å². The largest absolute Gasteiger partial charge is 0.598 e. The summed E-state index contributed by atoms with van der Waals surface area (Å²) in [5, 5.41) is 0.675. The number of rotatable bonds is 7. The lowest BCUT2D eigenvalue weighted by Gasteiger charge is -2.27. The maximum Gasteiger partial charge on any atom is 0.417 e. The molecular formula is C28H35F3N2O3S. The summed E-state index contributed by atoms with van der Waals surface area (Å²) in [6.45, 7) is 13.9. The van der Waals surface area contributed by atoms with Crippen molar-refractivity contribution in [2.24, 2.45) is 5.41 Å². The number of nitrogens with zero attached hydrogens (tertiary/aromatic N) is 1. The van der Waals surface area contributed by atoms with E-state index in [2.05, 4.69) is 25.5 Å². The predicted molar refractivity (Wildman–Crippen MR) is 142 cm³/mol. The Balaban J connectivity index is 2.24. The molecule has 3 rings (SSSR count). The smallest absolute Gasteiger partial charge is 0.417 e. The number of nitrogens with one attached hydrogen (secondary N) is 1. The third-order valence-corrected chi connectivity index (χ3v) is 7.28. The van der Waals surface area contributed by atoms with E-state index < -0.39 is 39.9 Å². The highest BCUT2D eigenvalue weighted by Gasteiger charge is 2.36. The van der Waals surface area contributed by atoms with Gasteiger partial charge in [0.2, 0.25) is 0 Å². The fourth-order valence-electron chi connectivity index (χ4n) is 4.09. The van der Waals surface area contributed by atoms with Gasteiger partial charge in [0, 0.05) is 40.6 Å². The van der Waals surface area contributed by atoms with Gasteiger partial charge in [0.25, 0.3) is 0 Å². The molecule has 5 nitrogen and oxygen atoms in total. The van der Waals surface area contributed by atoms with Gasteiger partial charge in [0.15, 0.2) is 6.04 Å². The van der Waals surface area contributed by atoms with Crippen LogP contribution in [0.2, 0.25) is 0 Å². The van der Waals surface area contributed by atoms with Crippen LogP contribution in [0, 0.1) is 5.41 Å². The van der Waals surface area contributed by atoms with Crippen molar-refractivity contribution in [3.63, 3.8) is 0 Å². The van der Waals surface area contributed by atoms with Crippen LogP contribution < -0.4 is 4.72 Å². The molecule has 1 heterocycles. The molecule has 0 amide bonds. The van der Waals surface area contributed by atoms with Gasteiger partial charge in [-0.05, 0) is 56.4 Å². The molecule has 0 saturated heterocycles. The van der Waals surface area contributed by atoms with Gasteiger partial charge < -0.3 is 13.9 Å². The number of aromatic nitrogens is 1. The molecule has 202 valence electrons. The van der Waals surface area contributed by atoms with E-state index in [1.54, 1.807) is 52.0 Å².